The predicted octanol–water partition coefficient (Wildman–Crippen LogP) is 14.0. The highest BCUT2D eigenvalue weighted by atomic mass is 16.5. The first-order valence-corrected chi connectivity index (χ1v) is 24.1. The van der Waals surface area contributed by atoms with Gasteiger partial charge < -0.3 is 20.3 Å². The van der Waals surface area contributed by atoms with Crippen LogP contribution in [0.5, 0.6) is 0 Å². The molecular formula is C49H93NO5. The molecule has 0 saturated heterocycles. The molecule has 2 atom stereocenters. The molecule has 0 aromatic carbocycles. The minimum absolute atomic E-state index is 0.0332. The van der Waals surface area contributed by atoms with Gasteiger partial charge in [-0.1, -0.05) is 205 Å². The topological polar surface area (TPSA) is 95.9 Å². The molecule has 0 aliphatic carbocycles. The molecule has 0 bridgehead atoms. The van der Waals surface area contributed by atoms with E-state index < -0.39 is 12.1 Å². The Morgan fingerprint density at radius 3 is 1.42 bits per heavy atom. The van der Waals surface area contributed by atoms with Gasteiger partial charge in [-0.3, -0.25) is 9.59 Å². The fraction of sp³-hybridized carbons (Fsp3) is 0.878. The Morgan fingerprint density at radius 2 is 0.909 bits per heavy atom. The van der Waals surface area contributed by atoms with Crippen LogP contribution < -0.4 is 5.32 Å². The van der Waals surface area contributed by atoms with Gasteiger partial charge in [-0.15, -0.1) is 0 Å². The lowest BCUT2D eigenvalue weighted by molar-refractivity contribution is -0.143. The van der Waals surface area contributed by atoms with Crippen molar-refractivity contribution >= 4 is 11.9 Å². The molecule has 0 rings (SSSR count). The van der Waals surface area contributed by atoms with Crippen molar-refractivity contribution in [3.05, 3.63) is 24.3 Å². The van der Waals surface area contributed by atoms with E-state index in [1.54, 1.807) is 0 Å². The van der Waals surface area contributed by atoms with Gasteiger partial charge in [0.1, 0.15) is 0 Å². The largest absolute Gasteiger partial charge is 0.466 e. The average molecular weight is 776 g/mol. The van der Waals surface area contributed by atoms with Crippen LogP contribution in [0.4, 0.5) is 0 Å². The molecule has 1 amide bonds. The maximum Gasteiger partial charge on any atom is 0.305 e. The standard InChI is InChI=1S/C49H93NO5/c1-3-5-7-9-11-13-15-17-18-19-20-21-23-27-31-35-39-43-49(54)55-44-40-36-32-28-24-26-30-34-38-42-48(53)50-46(45-51)47(52)41-37-33-29-25-22-16-14-12-10-8-6-4-2/h11,13,17-18,46-47,51-52H,3-10,12,14-16,19-45H2,1-2H3,(H,50,53)/b13-11-,18-17-. The van der Waals surface area contributed by atoms with Crippen molar-refractivity contribution in [1.82, 2.24) is 5.32 Å². The summed E-state index contributed by atoms with van der Waals surface area (Å²) in [5.74, 6) is -0.0976. The van der Waals surface area contributed by atoms with Crippen LogP contribution in [0, 0.1) is 0 Å². The van der Waals surface area contributed by atoms with E-state index in [9.17, 15) is 19.8 Å². The third-order valence-electron chi connectivity index (χ3n) is 11.0. The molecule has 6 nitrogen and oxygen atoms in total. The molecule has 0 saturated carbocycles. The van der Waals surface area contributed by atoms with Crippen LogP contribution in [0.25, 0.3) is 0 Å². The number of ether oxygens (including phenoxy) is 1. The Bertz CT molecular complexity index is 858. The van der Waals surface area contributed by atoms with Crippen molar-refractivity contribution in [1.29, 1.82) is 0 Å². The normalized spacial score (nSPS) is 12.9. The van der Waals surface area contributed by atoms with Crippen molar-refractivity contribution in [3.63, 3.8) is 0 Å². The zero-order valence-electron chi connectivity index (χ0n) is 36.7. The fourth-order valence-corrected chi connectivity index (χ4v) is 7.26. The van der Waals surface area contributed by atoms with E-state index in [0.717, 1.165) is 64.2 Å². The highest BCUT2D eigenvalue weighted by Crippen LogP contribution is 2.15. The Hall–Kier alpha value is -1.66. The summed E-state index contributed by atoms with van der Waals surface area (Å²) in [7, 11) is 0. The van der Waals surface area contributed by atoms with Crippen LogP contribution in [0.15, 0.2) is 24.3 Å². The molecule has 0 fully saturated rings. The molecule has 324 valence electrons. The second-order valence-electron chi connectivity index (χ2n) is 16.4. The maximum atomic E-state index is 12.4. The minimum Gasteiger partial charge on any atom is -0.466 e. The molecular weight excluding hydrogens is 683 g/mol. The third-order valence-corrected chi connectivity index (χ3v) is 11.0. The number of aliphatic hydroxyl groups is 2. The summed E-state index contributed by atoms with van der Waals surface area (Å²) < 4.78 is 5.45. The van der Waals surface area contributed by atoms with Crippen molar-refractivity contribution < 1.29 is 24.5 Å². The summed E-state index contributed by atoms with van der Waals surface area (Å²) >= 11 is 0. The average Bonchev–Trinajstić information content (AvgIpc) is 3.18. The number of aliphatic hydroxyl groups excluding tert-OH is 2. The maximum absolute atomic E-state index is 12.4. The number of amides is 1. The van der Waals surface area contributed by atoms with Crippen LogP contribution in [-0.2, 0) is 14.3 Å². The van der Waals surface area contributed by atoms with Crippen molar-refractivity contribution in [3.8, 4) is 0 Å². The number of rotatable bonds is 44. The molecule has 0 heterocycles. The number of hydrogen-bond acceptors (Lipinski definition) is 5. The molecule has 0 radical (unpaired) electrons. The molecule has 0 aromatic heterocycles. The molecule has 2 unspecified atom stereocenters. The van der Waals surface area contributed by atoms with Gasteiger partial charge in [0.2, 0.25) is 5.91 Å². The molecule has 6 heteroatoms. The van der Waals surface area contributed by atoms with E-state index in [0.29, 0.717) is 25.9 Å². The first-order chi connectivity index (χ1) is 27.0. The number of allylic oxidation sites excluding steroid dienone is 4. The van der Waals surface area contributed by atoms with E-state index in [2.05, 4.69) is 43.5 Å². The van der Waals surface area contributed by atoms with Gasteiger partial charge in [-0.25, -0.2) is 0 Å². The van der Waals surface area contributed by atoms with Crippen LogP contribution in [0.3, 0.4) is 0 Å². The number of carbonyl (C=O) groups is 2. The summed E-state index contributed by atoms with van der Waals surface area (Å²) in [6.07, 6.45) is 51.3. The lowest BCUT2D eigenvalue weighted by Crippen LogP contribution is -2.45. The number of esters is 1. The number of nitrogens with one attached hydrogen (secondary N) is 1. The van der Waals surface area contributed by atoms with Crippen LogP contribution in [0.1, 0.15) is 251 Å². The minimum atomic E-state index is -0.681. The quantitative estimate of drug-likeness (QED) is 0.0325. The molecule has 3 N–H and O–H groups in total. The Kier molecular flexibility index (Phi) is 43.7. The molecule has 0 aliphatic rings. The predicted molar refractivity (Wildman–Crippen MR) is 236 cm³/mol. The number of hydrogen-bond donors (Lipinski definition) is 3. The summed E-state index contributed by atoms with van der Waals surface area (Å²) in [6.45, 7) is 4.85. The SMILES string of the molecule is CCCCC/C=C\C/C=C\CCCCCCCCCC(=O)OCCCCCCCCCCCC(=O)NC(CO)C(O)CCCCCCCCCCCCCC. The summed E-state index contributed by atoms with van der Waals surface area (Å²) in [5, 5.41) is 23.1. The lowest BCUT2D eigenvalue weighted by atomic mass is 10.0. The van der Waals surface area contributed by atoms with Gasteiger partial charge in [0, 0.05) is 12.8 Å². The van der Waals surface area contributed by atoms with Gasteiger partial charge in [-0.05, 0) is 57.8 Å². The van der Waals surface area contributed by atoms with Crippen molar-refractivity contribution in [2.45, 2.75) is 264 Å². The molecule has 0 aliphatic heterocycles. The molecule has 0 spiro atoms. The highest BCUT2D eigenvalue weighted by molar-refractivity contribution is 5.76. The monoisotopic (exact) mass is 776 g/mol. The zero-order valence-corrected chi connectivity index (χ0v) is 36.7. The van der Waals surface area contributed by atoms with Gasteiger partial charge in [0.25, 0.3) is 0 Å². The van der Waals surface area contributed by atoms with Gasteiger partial charge in [-0.2, -0.15) is 0 Å². The Morgan fingerprint density at radius 1 is 0.509 bits per heavy atom. The van der Waals surface area contributed by atoms with E-state index >= 15 is 0 Å². The smallest absolute Gasteiger partial charge is 0.305 e. The summed E-state index contributed by atoms with van der Waals surface area (Å²) in [4.78, 5) is 24.4. The first-order valence-electron chi connectivity index (χ1n) is 24.1. The second kappa shape index (κ2) is 45.0. The van der Waals surface area contributed by atoms with Crippen LogP contribution in [-0.4, -0.2) is 47.4 Å². The molecule has 55 heavy (non-hydrogen) atoms. The van der Waals surface area contributed by atoms with E-state index in [4.69, 9.17) is 4.74 Å². The lowest BCUT2D eigenvalue weighted by Gasteiger charge is -2.22. The van der Waals surface area contributed by atoms with Crippen molar-refractivity contribution in [2.75, 3.05) is 13.2 Å². The Labute approximate surface area is 341 Å². The van der Waals surface area contributed by atoms with E-state index in [-0.39, 0.29) is 18.5 Å². The highest BCUT2D eigenvalue weighted by Gasteiger charge is 2.20. The Balaban J connectivity index is 3.49. The summed E-state index contributed by atoms with van der Waals surface area (Å²) in [5.41, 5.74) is 0. The number of carbonyl (C=O) groups excluding carboxylic acids is 2. The van der Waals surface area contributed by atoms with E-state index in [1.165, 1.54) is 154 Å². The zero-order chi connectivity index (χ0) is 40.1. The third kappa shape index (κ3) is 41.8. The van der Waals surface area contributed by atoms with Crippen molar-refractivity contribution in [2.24, 2.45) is 0 Å². The van der Waals surface area contributed by atoms with Crippen LogP contribution >= 0.6 is 0 Å². The van der Waals surface area contributed by atoms with Gasteiger partial charge in [0.05, 0.1) is 25.4 Å². The van der Waals surface area contributed by atoms with Crippen LogP contribution in [0.2, 0.25) is 0 Å². The fourth-order valence-electron chi connectivity index (χ4n) is 7.26. The van der Waals surface area contributed by atoms with Gasteiger partial charge >= 0.3 is 5.97 Å². The van der Waals surface area contributed by atoms with E-state index in [1.807, 2.05) is 0 Å². The summed E-state index contributed by atoms with van der Waals surface area (Å²) in [6, 6.07) is -0.561. The van der Waals surface area contributed by atoms with Gasteiger partial charge in [0.15, 0.2) is 0 Å². The first kappa shape index (κ1) is 53.3. The number of unbranched alkanes of at least 4 members (excludes halogenated alkanes) is 29. The second-order valence-corrected chi connectivity index (χ2v) is 16.4. The molecule has 0 aromatic rings.